The fraction of sp³-hybridized carbons (Fsp3) is 0.308. The number of hydrogen-bond donors (Lipinski definition) is 3. The van der Waals surface area contributed by atoms with Crippen LogP contribution >= 0.6 is 0 Å². The highest BCUT2D eigenvalue weighted by Crippen LogP contribution is 2.21. The van der Waals surface area contributed by atoms with Crippen LogP contribution in [0.4, 0.5) is 0 Å². The van der Waals surface area contributed by atoms with Crippen LogP contribution in [0.5, 0.6) is 0 Å². The summed E-state index contributed by atoms with van der Waals surface area (Å²) in [5.74, 6) is -0.834. The summed E-state index contributed by atoms with van der Waals surface area (Å²) in [6.45, 7) is 2.68. The van der Waals surface area contributed by atoms with E-state index in [9.17, 15) is 4.79 Å². The Hall–Kier alpha value is -1.81. The molecule has 1 aromatic carbocycles. The number of aromatic nitrogens is 1. The molecule has 0 unspecified atom stereocenters. The molecule has 3 N–H and O–H groups in total. The molecule has 2 rings (SSSR count). The van der Waals surface area contributed by atoms with Gasteiger partial charge >= 0.3 is 5.97 Å². The van der Waals surface area contributed by atoms with Crippen molar-refractivity contribution in [1.29, 1.82) is 0 Å². The molecule has 0 aliphatic rings. The molecule has 90 valence electrons. The van der Waals surface area contributed by atoms with E-state index >= 15 is 0 Å². The van der Waals surface area contributed by atoms with Gasteiger partial charge < -0.3 is 15.4 Å². The Morgan fingerprint density at radius 2 is 2.24 bits per heavy atom. The summed E-state index contributed by atoms with van der Waals surface area (Å²) in [6.07, 6.45) is 2.93. The topological polar surface area (TPSA) is 65.1 Å². The van der Waals surface area contributed by atoms with Gasteiger partial charge in [0.1, 0.15) is 0 Å². The largest absolute Gasteiger partial charge is 0.480 e. The van der Waals surface area contributed by atoms with E-state index in [2.05, 4.69) is 29.4 Å². The van der Waals surface area contributed by atoms with E-state index in [4.69, 9.17) is 5.11 Å². The number of hydrogen-bond acceptors (Lipinski definition) is 2. The Morgan fingerprint density at radius 1 is 1.41 bits per heavy atom. The van der Waals surface area contributed by atoms with Crippen molar-refractivity contribution < 1.29 is 9.90 Å². The van der Waals surface area contributed by atoms with Crippen molar-refractivity contribution in [3.63, 3.8) is 0 Å². The fourth-order valence-electron chi connectivity index (χ4n) is 2.02. The SMILES string of the molecule is CCc1cccc2c(CNCC(=O)O)c[nH]c12. The molecule has 0 radical (unpaired) electrons. The van der Waals surface area contributed by atoms with Crippen molar-refractivity contribution in [2.75, 3.05) is 6.54 Å². The molecule has 17 heavy (non-hydrogen) atoms. The third kappa shape index (κ3) is 2.47. The maximum Gasteiger partial charge on any atom is 0.317 e. The predicted molar refractivity (Wildman–Crippen MR) is 67.0 cm³/mol. The molecule has 2 aromatic rings. The molecule has 0 amide bonds. The van der Waals surface area contributed by atoms with Crippen LogP contribution in [0.25, 0.3) is 10.9 Å². The van der Waals surface area contributed by atoms with Crippen molar-refractivity contribution in [3.05, 3.63) is 35.5 Å². The van der Waals surface area contributed by atoms with Crippen molar-refractivity contribution >= 4 is 16.9 Å². The molecule has 0 spiro atoms. The zero-order valence-electron chi connectivity index (χ0n) is 9.79. The van der Waals surface area contributed by atoms with Gasteiger partial charge in [-0.2, -0.15) is 0 Å². The van der Waals surface area contributed by atoms with E-state index < -0.39 is 5.97 Å². The number of carboxylic acid groups (broad SMARTS) is 1. The summed E-state index contributed by atoms with van der Waals surface area (Å²) in [5.41, 5.74) is 3.55. The van der Waals surface area contributed by atoms with Gasteiger partial charge in [0.25, 0.3) is 0 Å². The van der Waals surface area contributed by atoms with Crippen LogP contribution in [0.3, 0.4) is 0 Å². The quantitative estimate of drug-likeness (QED) is 0.737. The summed E-state index contributed by atoms with van der Waals surface area (Å²) in [6, 6.07) is 6.20. The lowest BCUT2D eigenvalue weighted by Gasteiger charge is -2.02. The molecule has 0 aliphatic heterocycles. The molecule has 4 heteroatoms. The summed E-state index contributed by atoms with van der Waals surface area (Å²) in [5, 5.41) is 12.6. The monoisotopic (exact) mass is 232 g/mol. The number of carboxylic acids is 1. The number of aromatic amines is 1. The lowest BCUT2D eigenvalue weighted by Crippen LogP contribution is -2.21. The number of nitrogens with one attached hydrogen (secondary N) is 2. The lowest BCUT2D eigenvalue weighted by atomic mass is 10.1. The van der Waals surface area contributed by atoms with Crippen LogP contribution in [0, 0.1) is 0 Å². The molecular weight excluding hydrogens is 216 g/mol. The van der Waals surface area contributed by atoms with Gasteiger partial charge in [-0.1, -0.05) is 25.1 Å². The first-order valence-electron chi connectivity index (χ1n) is 5.72. The Morgan fingerprint density at radius 3 is 2.94 bits per heavy atom. The van der Waals surface area contributed by atoms with Crippen LogP contribution in [-0.2, 0) is 17.8 Å². The molecule has 0 atom stereocenters. The van der Waals surface area contributed by atoms with Crippen molar-refractivity contribution in [2.45, 2.75) is 19.9 Å². The highest BCUT2D eigenvalue weighted by atomic mass is 16.4. The summed E-state index contributed by atoms with van der Waals surface area (Å²) < 4.78 is 0. The van der Waals surface area contributed by atoms with Gasteiger partial charge in [-0.15, -0.1) is 0 Å². The first-order chi connectivity index (χ1) is 8.22. The van der Waals surface area contributed by atoms with E-state index in [1.165, 1.54) is 10.9 Å². The van der Waals surface area contributed by atoms with Crippen LogP contribution in [0.2, 0.25) is 0 Å². The molecule has 0 aliphatic carbocycles. The zero-order valence-corrected chi connectivity index (χ0v) is 9.79. The lowest BCUT2D eigenvalue weighted by molar-refractivity contribution is -0.135. The van der Waals surface area contributed by atoms with Crippen molar-refractivity contribution in [3.8, 4) is 0 Å². The van der Waals surface area contributed by atoms with Gasteiger partial charge in [-0.25, -0.2) is 0 Å². The minimum absolute atomic E-state index is 0.0137. The number of fused-ring (bicyclic) bond motifs is 1. The average Bonchev–Trinajstić information content (AvgIpc) is 2.72. The average molecular weight is 232 g/mol. The molecule has 0 saturated carbocycles. The number of para-hydroxylation sites is 1. The van der Waals surface area contributed by atoms with E-state index in [1.54, 1.807) is 0 Å². The summed E-state index contributed by atoms with van der Waals surface area (Å²) >= 11 is 0. The maximum atomic E-state index is 10.4. The van der Waals surface area contributed by atoms with E-state index in [1.807, 2.05) is 12.3 Å². The number of H-pyrrole nitrogens is 1. The zero-order chi connectivity index (χ0) is 12.3. The first kappa shape index (κ1) is 11.7. The minimum atomic E-state index is -0.834. The molecule has 1 aromatic heterocycles. The Labute approximate surface area is 99.7 Å². The minimum Gasteiger partial charge on any atom is -0.480 e. The Bertz CT molecular complexity index is 531. The van der Waals surface area contributed by atoms with Crippen LogP contribution in [-0.4, -0.2) is 22.6 Å². The third-order valence-electron chi connectivity index (χ3n) is 2.86. The second-order valence-corrected chi connectivity index (χ2v) is 4.00. The summed E-state index contributed by atoms with van der Waals surface area (Å²) in [7, 11) is 0. The summed E-state index contributed by atoms with van der Waals surface area (Å²) in [4.78, 5) is 13.7. The fourth-order valence-corrected chi connectivity index (χ4v) is 2.02. The molecular formula is C13H16N2O2. The molecule has 0 bridgehead atoms. The molecule has 4 nitrogen and oxygen atoms in total. The van der Waals surface area contributed by atoms with Crippen LogP contribution in [0.15, 0.2) is 24.4 Å². The van der Waals surface area contributed by atoms with Crippen LogP contribution < -0.4 is 5.32 Å². The molecule has 0 fully saturated rings. The molecule has 0 saturated heterocycles. The number of aryl methyl sites for hydroxylation is 1. The van der Waals surface area contributed by atoms with Gasteiger partial charge in [-0.3, -0.25) is 4.79 Å². The first-order valence-corrected chi connectivity index (χ1v) is 5.72. The number of carbonyl (C=O) groups is 1. The Balaban J connectivity index is 2.21. The van der Waals surface area contributed by atoms with Crippen molar-refractivity contribution in [1.82, 2.24) is 10.3 Å². The number of rotatable bonds is 5. The second-order valence-electron chi connectivity index (χ2n) is 4.00. The smallest absolute Gasteiger partial charge is 0.317 e. The number of benzene rings is 1. The highest BCUT2D eigenvalue weighted by Gasteiger charge is 2.06. The highest BCUT2D eigenvalue weighted by molar-refractivity contribution is 5.86. The van der Waals surface area contributed by atoms with Gasteiger partial charge in [0, 0.05) is 23.6 Å². The normalized spacial score (nSPS) is 10.9. The van der Waals surface area contributed by atoms with E-state index in [0.29, 0.717) is 6.54 Å². The van der Waals surface area contributed by atoms with Gasteiger partial charge in [0.05, 0.1) is 6.54 Å². The molecule has 1 heterocycles. The van der Waals surface area contributed by atoms with Gasteiger partial charge in [-0.05, 0) is 17.5 Å². The van der Waals surface area contributed by atoms with E-state index in [0.717, 1.165) is 17.5 Å². The van der Waals surface area contributed by atoms with Gasteiger partial charge in [0.2, 0.25) is 0 Å². The second kappa shape index (κ2) is 5.01. The van der Waals surface area contributed by atoms with E-state index in [-0.39, 0.29) is 6.54 Å². The van der Waals surface area contributed by atoms with Crippen molar-refractivity contribution in [2.24, 2.45) is 0 Å². The van der Waals surface area contributed by atoms with Gasteiger partial charge in [0.15, 0.2) is 0 Å². The third-order valence-corrected chi connectivity index (χ3v) is 2.86. The van der Waals surface area contributed by atoms with Crippen LogP contribution in [0.1, 0.15) is 18.1 Å². The standard InChI is InChI=1S/C13H16N2O2/c1-2-9-4-3-5-11-10(7-15-13(9)11)6-14-8-12(16)17/h3-5,7,14-15H,2,6,8H2,1H3,(H,16,17). The number of aliphatic carboxylic acids is 1. The predicted octanol–water partition coefficient (Wildman–Crippen LogP) is 1.90. The Kier molecular flexibility index (Phi) is 3.44. The maximum absolute atomic E-state index is 10.4.